The molecule has 3 N–H and O–H groups in total. The molecule has 1 aromatic carbocycles. The summed E-state index contributed by atoms with van der Waals surface area (Å²) in [6, 6.07) is 5.17. The van der Waals surface area contributed by atoms with Crippen LogP contribution in [0.3, 0.4) is 0 Å². The summed E-state index contributed by atoms with van der Waals surface area (Å²) in [7, 11) is 0. The minimum atomic E-state index is -0.0550. The van der Waals surface area contributed by atoms with Gasteiger partial charge >= 0.3 is 0 Å². The van der Waals surface area contributed by atoms with E-state index in [1.165, 1.54) is 0 Å². The SMILES string of the molecule is CCCn1c(=S)[nH]c2cc(N)ccc2c1=O. The van der Waals surface area contributed by atoms with E-state index < -0.39 is 0 Å². The Balaban J connectivity index is 2.84. The lowest BCUT2D eigenvalue weighted by molar-refractivity contribution is 0.638. The van der Waals surface area contributed by atoms with Crippen LogP contribution >= 0.6 is 12.2 Å². The maximum absolute atomic E-state index is 12.1. The van der Waals surface area contributed by atoms with Gasteiger partial charge in [0.2, 0.25) is 0 Å². The molecule has 84 valence electrons. The number of hydrogen-bond acceptors (Lipinski definition) is 3. The topological polar surface area (TPSA) is 63.8 Å². The van der Waals surface area contributed by atoms with Crippen molar-refractivity contribution in [3.8, 4) is 0 Å². The first-order valence-electron chi connectivity index (χ1n) is 5.16. The highest BCUT2D eigenvalue weighted by Crippen LogP contribution is 2.11. The van der Waals surface area contributed by atoms with Gasteiger partial charge in [0.15, 0.2) is 4.77 Å². The first kappa shape index (κ1) is 10.9. The molecule has 0 radical (unpaired) electrons. The number of nitrogen functional groups attached to an aromatic ring is 1. The number of anilines is 1. The third kappa shape index (κ3) is 1.74. The number of hydrogen-bond donors (Lipinski definition) is 2. The quantitative estimate of drug-likeness (QED) is 0.618. The molecule has 0 saturated carbocycles. The van der Waals surface area contributed by atoms with E-state index >= 15 is 0 Å². The summed E-state index contributed by atoms with van der Waals surface area (Å²) >= 11 is 5.14. The molecule has 2 aromatic rings. The lowest BCUT2D eigenvalue weighted by Gasteiger charge is -2.06. The molecule has 0 bridgehead atoms. The number of fused-ring (bicyclic) bond motifs is 1. The third-order valence-corrected chi connectivity index (χ3v) is 2.78. The molecular weight excluding hydrogens is 222 g/mol. The minimum Gasteiger partial charge on any atom is -0.399 e. The van der Waals surface area contributed by atoms with Gasteiger partial charge in [0.05, 0.1) is 10.9 Å². The maximum atomic E-state index is 12.1. The highest BCUT2D eigenvalue weighted by molar-refractivity contribution is 7.71. The maximum Gasteiger partial charge on any atom is 0.262 e. The Hall–Kier alpha value is -1.62. The number of nitrogens with one attached hydrogen (secondary N) is 1. The molecule has 0 aliphatic carbocycles. The first-order chi connectivity index (χ1) is 7.63. The second-order valence-electron chi connectivity index (χ2n) is 3.69. The van der Waals surface area contributed by atoms with E-state index in [1.807, 2.05) is 6.92 Å². The molecule has 0 unspecified atom stereocenters. The van der Waals surface area contributed by atoms with Gasteiger partial charge in [-0.2, -0.15) is 0 Å². The standard InChI is InChI=1S/C11H13N3OS/c1-2-5-14-10(15)8-4-3-7(12)6-9(8)13-11(14)16/h3-4,6H,2,5,12H2,1H3,(H,13,16). The average Bonchev–Trinajstić information content (AvgIpc) is 2.23. The summed E-state index contributed by atoms with van der Waals surface area (Å²) in [6.45, 7) is 2.64. The number of aromatic nitrogens is 2. The molecular formula is C11H13N3OS. The predicted molar refractivity (Wildman–Crippen MR) is 68.1 cm³/mol. The van der Waals surface area contributed by atoms with E-state index in [2.05, 4.69) is 4.98 Å². The molecule has 4 nitrogen and oxygen atoms in total. The van der Waals surface area contributed by atoms with Crippen LogP contribution in [0.1, 0.15) is 13.3 Å². The summed E-state index contributed by atoms with van der Waals surface area (Å²) in [5, 5.41) is 0.622. The van der Waals surface area contributed by atoms with Crippen LogP contribution < -0.4 is 11.3 Å². The second kappa shape index (κ2) is 4.09. The predicted octanol–water partition coefficient (Wildman–Crippen LogP) is 2.05. The Morgan fingerprint density at radius 2 is 2.25 bits per heavy atom. The normalized spacial score (nSPS) is 10.8. The van der Waals surface area contributed by atoms with E-state index in [9.17, 15) is 4.79 Å². The zero-order valence-corrected chi connectivity index (χ0v) is 9.80. The number of rotatable bonds is 2. The molecule has 5 heteroatoms. The van der Waals surface area contributed by atoms with Crippen LogP contribution in [-0.4, -0.2) is 9.55 Å². The monoisotopic (exact) mass is 235 g/mol. The summed E-state index contributed by atoms with van der Waals surface area (Å²) in [5.41, 5.74) is 6.92. The van der Waals surface area contributed by atoms with Crippen LogP contribution in [0.5, 0.6) is 0 Å². The molecule has 0 aliphatic heterocycles. The van der Waals surface area contributed by atoms with Crippen molar-refractivity contribution in [2.75, 3.05) is 5.73 Å². The zero-order valence-electron chi connectivity index (χ0n) is 8.99. The van der Waals surface area contributed by atoms with Gasteiger partial charge in [0.25, 0.3) is 5.56 Å². The van der Waals surface area contributed by atoms with Crippen LogP contribution in [0, 0.1) is 4.77 Å². The largest absolute Gasteiger partial charge is 0.399 e. The van der Waals surface area contributed by atoms with E-state index in [0.717, 1.165) is 6.42 Å². The van der Waals surface area contributed by atoms with E-state index in [4.69, 9.17) is 18.0 Å². The molecule has 0 atom stereocenters. The highest BCUT2D eigenvalue weighted by Gasteiger charge is 2.04. The molecule has 1 aromatic heterocycles. The molecule has 0 fully saturated rings. The van der Waals surface area contributed by atoms with Crippen LogP contribution in [0.15, 0.2) is 23.0 Å². The number of H-pyrrole nitrogens is 1. The number of benzene rings is 1. The Bertz CT molecular complexity index is 642. The van der Waals surface area contributed by atoms with Crippen molar-refractivity contribution in [1.29, 1.82) is 0 Å². The summed E-state index contributed by atoms with van der Waals surface area (Å²) in [4.78, 5) is 15.1. The fraction of sp³-hybridized carbons (Fsp3) is 0.273. The Morgan fingerprint density at radius 1 is 1.50 bits per heavy atom. The van der Waals surface area contributed by atoms with Crippen molar-refractivity contribution in [3.05, 3.63) is 33.3 Å². The van der Waals surface area contributed by atoms with Gasteiger partial charge in [0.1, 0.15) is 0 Å². The highest BCUT2D eigenvalue weighted by atomic mass is 32.1. The van der Waals surface area contributed by atoms with Crippen molar-refractivity contribution < 1.29 is 0 Å². The van der Waals surface area contributed by atoms with E-state index in [-0.39, 0.29) is 5.56 Å². The van der Waals surface area contributed by atoms with Gasteiger partial charge in [-0.15, -0.1) is 0 Å². The Labute approximate surface area is 97.7 Å². The average molecular weight is 235 g/mol. The van der Waals surface area contributed by atoms with Gasteiger partial charge in [-0.25, -0.2) is 0 Å². The van der Waals surface area contributed by atoms with Crippen LogP contribution in [0.25, 0.3) is 10.9 Å². The lowest BCUT2D eigenvalue weighted by Crippen LogP contribution is -2.22. The minimum absolute atomic E-state index is 0.0550. The molecule has 16 heavy (non-hydrogen) atoms. The zero-order chi connectivity index (χ0) is 11.7. The smallest absolute Gasteiger partial charge is 0.262 e. The second-order valence-corrected chi connectivity index (χ2v) is 4.08. The van der Waals surface area contributed by atoms with Gasteiger partial charge in [-0.3, -0.25) is 9.36 Å². The van der Waals surface area contributed by atoms with Crippen LogP contribution in [0.4, 0.5) is 5.69 Å². The summed E-state index contributed by atoms with van der Waals surface area (Å²) in [6.07, 6.45) is 0.873. The molecule has 2 rings (SSSR count). The van der Waals surface area contributed by atoms with Crippen molar-refractivity contribution in [2.45, 2.75) is 19.9 Å². The van der Waals surface area contributed by atoms with Crippen LogP contribution in [0.2, 0.25) is 0 Å². The van der Waals surface area contributed by atoms with Gasteiger partial charge in [-0.05, 0) is 36.8 Å². The fourth-order valence-corrected chi connectivity index (χ4v) is 1.98. The summed E-state index contributed by atoms with van der Waals surface area (Å²) in [5.74, 6) is 0. The molecule has 0 spiro atoms. The number of nitrogens with zero attached hydrogens (tertiary/aromatic N) is 1. The van der Waals surface area contributed by atoms with Crippen molar-refractivity contribution in [1.82, 2.24) is 9.55 Å². The van der Waals surface area contributed by atoms with Crippen molar-refractivity contribution >= 4 is 28.8 Å². The molecule has 1 heterocycles. The van der Waals surface area contributed by atoms with Crippen molar-refractivity contribution in [2.24, 2.45) is 0 Å². The number of aromatic amines is 1. The van der Waals surface area contributed by atoms with E-state index in [0.29, 0.717) is 27.9 Å². The Kier molecular flexibility index (Phi) is 2.78. The molecule has 0 aliphatic rings. The molecule has 0 saturated heterocycles. The fourth-order valence-electron chi connectivity index (χ4n) is 1.70. The Morgan fingerprint density at radius 3 is 2.94 bits per heavy atom. The summed E-state index contributed by atoms with van der Waals surface area (Å²) < 4.78 is 2.03. The lowest BCUT2D eigenvalue weighted by atomic mass is 10.2. The van der Waals surface area contributed by atoms with E-state index in [1.54, 1.807) is 22.8 Å². The van der Waals surface area contributed by atoms with Gasteiger partial charge in [0, 0.05) is 12.2 Å². The third-order valence-electron chi connectivity index (χ3n) is 2.45. The van der Waals surface area contributed by atoms with Crippen molar-refractivity contribution in [3.63, 3.8) is 0 Å². The molecule has 0 amide bonds. The van der Waals surface area contributed by atoms with Gasteiger partial charge in [-0.1, -0.05) is 6.92 Å². The first-order valence-corrected chi connectivity index (χ1v) is 5.56. The van der Waals surface area contributed by atoms with Crippen LogP contribution in [-0.2, 0) is 6.54 Å². The number of nitrogens with two attached hydrogens (primary N) is 1. The van der Waals surface area contributed by atoms with Gasteiger partial charge < -0.3 is 10.7 Å².